The number of halogens is 2. The Balaban J connectivity index is 2.79. The lowest BCUT2D eigenvalue weighted by molar-refractivity contribution is -0.118. The molecule has 152 valence electrons. The van der Waals surface area contributed by atoms with Gasteiger partial charge in [-0.05, 0) is 25.5 Å². The van der Waals surface area contributed by atoms with Gasteiger partial charge in [-0.2, -0.15) is 0 Å². The number of nitrogens with zero attached hydrogens (tertiary/aromatic N) is 1. The first kappa shape index (κ1) is 22.8. The lowest BCUT2D eigenvalue weighted by atomic mass is 10.1. The van der Waals surface area contributed by atoms with Gasteiger partial charge < -0.3 is 21.1 Å². The molecule has 0 saturated heterocycles. The van der Waals surface area contributed by atoms with Crippen LogP contribution in [0.5, 0.6) is 5.88 Å². The average molecular weight is 394 g/mol. The van der Waals surface area contributed by atoms with Crippen molar-refractivity contribution in [1.29, 1.82) is 0 Å². The van der Waals surface area contributed by atoms with E-state index >= 15 is 0 Å². The van der Waals surface area contributed by atoms with Crippen LogP contribution in [-0.2, 0) is 9.59 Å². The molecule has 1 aromatic rings. The van der Waals surface area contributed by atoms with Gasteiger partial charge in [0.15, 0.2) is 6.61 Å². The number of carbonyl (C=O) groups excluding carboxylic acids is 2. The lowest BCUT2D eigenvalue weighted by Crippen LogP contribution is -2.31. The number of carbonyl (C=O) groups is 2. The van der Waals surface area contributed by atoms with Crippen LogP contribution >= 0.6 is 0 Å². The zero-order chi connectivity index (χ0) is 21.3. The van der Waals surface area contributed by atoms with E-state index in [0.717, 1.165) is 6.92 Å². The number of rotatable bonds is 10. The minimum Gasteiger partial charge on any atom is -0.471 e. The van der Waals surface area contributed by atoms with Crippen LogP contribution in [-0.4, -0.2) is 29.8 Å². The third kappa shape index (κ3) is 7.18. The van der Waals surface area contributed by atoms with Crippen molar-refractivity contribution < 1.29 is 23.1 Å². The van der Waals surface area contributed by atoms with Gasteiger partial charge in [0, 0.05) is 19.2 Å². The molecule has 0 aromatic carbocycles. The molecule has 0 aliphatic carbocycles. The van der Waals surface area contributed by atoms with Crippen molar-refractivity contribution >= 4 is 12.3 Å². The maximum Gasteiger partial charge on any atom is 0.278 e. The highest BCUT2D eigenvalue weighted by molar-refractivity contribution is 5.97. The van der Waals surface area contributed by atoms with Crippen molar-refractivity contribution in [3.05, 3.63) is 59.6 Å². The summed E-state index contributed by atoms with van der Waals surface area (Å²) in [5.41, 5.74) is 6.77. The van der Waals surface area contributed by atoms with E-state index in [1.807, 2.05) is 0 Å². The first-order chi connectivity index (χ1) is 13.1. The molecule has 0 bridgehead atoms. The normalized spacial score (nSPS) is 13.5. The molecule has 0 fully saturated rings. The van der Waals surface area contributed by atoms with Gasteiger partial charge in [0.25, 0.3) is 11.8 Å². The van der Waals surface area contributed by atoms with Crippen molar-refractivity contribution in [2.75, 3.05) is 6.61 Å². The molecule has 4 N–H and O–H groups in total. The van der Waals surface area contributed by atoms with Crippen LogP contribution in [0.1, 0.15) is 32.4 Å². The number of amides is 2. The molecule has 28 heavy (non-hydrogen) atoms. The predicted molar refractivity (Wildman–Crippen MR) is 101 cm³/mol. The van der Waals surface area contributed by atoms with E-state index in [1.54, 1.807) is 26.0 Å². The Morgan fingerprint density at radius 3 is 2.64 bits per heavy atom. The quantitative estimate of drug-likeness (QED) is 0.321. The molecular formula is C19H24F2N4O3. The molecule has 1 heterocycles. The Morgan fingerprint density at radius 2 is 2.14 bits per heavy atom. The summed E-state index contributed by atoms with van der Waals surface area (Å²) in [7, 11) is 0. The zero-order valence-electron chi connectivity index (χ0n) is 16.0. The van der Waals surface area contributed by atoms with E-state index in [-0.39, 0.29) is 22.8 Å². The summed E-state index contributed by atoms with van der Waals surface area (Å²) in [6.07, 6.45) is 5.04. The van der Waals surface area contributed by atoms with Crippen molar-refractivity contribution in [3.8, 4) is 5.88 Å². The third-order valence-electron chi connectivity index (χ3n) is 3.52. The number of aromatic nitrogens is 1. The molecule has 7 nitrogen and oxygen atoms in total. The second-order valence-corrected chi connectivity index (χ2v) is 6.05. The van der Waals surface area contributed by atoms with Crippen LogP contribution in [0.15, 0.2) is 54.0 Å². The summed E-state index contributed by atoms with van der Waals surface area (Å²) in [5.74, 6) is -3.44. The average Bonchev–Trinajstić information content (AvgIpc) is 2.64. The van der Waals surface area contributed by atoms with Crippen LogP contribution in [0.25, 0.3) is 0 Å². The standard InChI is InChI=1S/C19H24F2N4O3/c1-5-6-15(24-11-26)17(22)12(2)18(27)25-13(3)14-7-8-16(23-9-14)28-10-19(4,20)21/h5-9,11,13H,2,10,22H2,1,3-4H3,(H,24,26)(H,25,27)/b6-5-,17-15-. The molecule has 0 aliphatic heterocycles. The van der Waals surface area contributed by atoms with E-state index in [1.165, 1.54) is 18.3 Å². The molecule has 0 radical (unpaired) electrons. The number of alkyl halides is 2. The molecule has 2 amide bonds. The summed E-state index contributed by atoms with van der Waals surface area (Å²) in [4.78, 5) is 27.0. The van der Waals surface area contributed by atoms with Gasteiger partial charge in [-0.1, -0.05) is 18.7 Å². The Kier molecular flexibility index (Phi) is 8.30. The fraction of sp³-hybridized carbons (Fsp3) is 0.316. The number of nitrogens with one attached hydrogen (secondary N) is 2. The van der Waals surface area contributed by atoms with Crippen LogP contribution in [0, 0.1) is 0 Å². The molecule has 1 unspecified atom stereocenters. The highest BCUT2D eigenvalue weighted by atomic mass is 19.3. The lowest BCUT2D eigenvalue weighted by Gasteiger charge is -2.17. The maximum atomic E-state index is 12.8. The topological polar surface area (TPSA) is 106 Å². The summed E-state index contributed by atoms with van der Waals surface area (Å²) < 4.78 is 30.5. The monoisotopic (exact) mass is 394 g/mol. The molecule has 0 saturated carbocycles. The summed E-state index contributed by atoms with van der Waals surface area (Å²) in [5, 5.41) is 5.10. The number of hydrogen-bond acceptors (Lipinski definition) is 5. The molecule has 1 rings (SSSR count). The van der Waals surface area contributed by atoms with Gasteiger partial charge in [-0.15, -0.1) is 0 Å². The molecule has 0 aliphatic rings. The van der Waals surface area contributed by atoms with Crippen molar-refractivity contribution in [3.63, 3.8) is 0 Å². The molecule has 1 aromatic heterocycles. The van der Waals surface area contributed by atoms with Gasteiger partial charge in [-0.25, -0.2) is 13.8 Å². The van der Waals surface area contributed by atoms with Crippen LogP contribution in [0.3, 0.4) is 0 Å². The number of nitrogens with two attached hydrogens (primary N) is 1. The smallest absolute Gasteiger partial charge is 0.278 e. The highest BCUT2D eigenvalue weighted by Gasteiger charge is 2.22. The number of allylic oxidation sites excluding steroid dienone is 2. The van der Waals surface area contributed by atoms with Crippen LogP contribution in [0.4, 0.5) is 8.78 Å². The SMILES string of the molecule is C=C(C(=O)NC(C)c1ccc(OCC(C)(F)F)nc1)/C(N)=C(\C=C/C)NC=O. The second kappa shape index (κ2) is 10.2. The zero-order valence-corrected chi connectivity index (χ0v) is 16.0. The molecular weight excluding hydrogens is 370 g/mol. The van der Waals surface area contributed by atoms with E-state index in [9.17, 15) is 18.4 Å². The number of ether oxygens (including phenoxy) is 1. The second-order valence-electron chi connectivity index (χ2n) is 6.05. The predicted octanol–water partition coefficient (Wildman–Crippen LogP) is 2.34. The van der Waals surface area contributed by atoms with Crippen LogP contribution in [0.2, 0.25) is 0 Å². The Labute approximate surface area is 162 Å². The molecule has 0 spiro atoms. The largest absolute Gasteiger partial charge is 0.471 e. The van der Waals surface area contributed by atoms with Crippen molar-refractivity contribution in [1.82, 2.24) is 15.6 Å². The van der Waals surface area contributed by atoms with E-state index in [2.05, 4.69) is 22.2 Å². The van der Waals surface area contributed by atoms with E-state index in [4.69, 9.17) is 10.5 Å². The van der Waals surface area contributed by atoms with Crippen LogP contribution < -0.4 is 21.1 Å². The highest BCUT2D eigenvalue weighted by Crippen LogP contribution is 2.18. The van der Waals surface area contributed by atoms with E-state index in [0.29, 0.717) is 12.0 Å². The molecule has 9 heteroatoms. The van der Waals surface area contributed by atoms with E-state index < -0.39 is 24.5 Å². The van der Waals surface area contributed by atoms with Gasteiger partial charge in [0.05, 0.1) is 23.0 Å². The van der Waals surface area contributed by atoms with Gasteiger partial charge in [-0.3, -0.25) is 9.59 Å². The summed E-state index contributed by atoms with van der Waals surface area (Å²) in [6, 6.07) is 2.57. The first-order valence-corrected chi connectivity index (χ1v) is 8.38. The summed E-state index contributed by atoms with van der Waals surface area (Å²) in [6.45, 7) is 7.06. The maximum absolute atomic E-state index is 12.8. The Hall–Kier alpha value is -3.23. The number of pyridine rings is 1. The summed E-state index contributed by atoms with van der Waals surface area (Å²) >= 11 is 0. The van der Waals surface area contributed by atoms with Gasteiger partial charge in [0.1, 0.15) is 0 Å². The van der Waals surface area contributed by atoms with Crippen molar-refractivity contribution in [2.45, 2.75) is 32.7 Å². The van der Waals surface area contributed by atoms with Gasteiger partial charge >= 0.3 is 0 Å². The van der Waals surface area contributed by atoms with Gasteiger partial charge in [0.2, 0.25) is 12.3 Å². The minimum atomic E-state index is -2.96. The van der Waals surface area contributed by atoms with Crippen molar-refractivity contribution in [2.24, 2.45) is 5.73 Å². The number of hydrogen-bond donors (Lipinski definition) is 3. The first-order valence-electron chi connectivity index (χ1n) is 8.38. The Morgan fingerprint density at radius 1 is 1.46 bits per heavy atom. The minimum absolute atomic E-state index is 0.0209. The Bertz CT molecular complexity index is 768. The fourth-order valence-electron chi connectivity index (χ4n) is 2.03. The fourth-order valence-corrected chi connectivity index (χ4v) is 2.03. The third-order valence-corrected chi connectivity index (χ3v) is 3.52. The molecule has 1 atom stereocenters.